The number of Topliss-reactive ketones (excluding diaryl/α,β-unsaturated/α-hetero) is 1. The molecule has 2 unspecified atom stereocenters. The Labute approximate surface area is 81.9 Å². The molecule has 0 aliphatic heterocycles. The van der Waals surface area contributed by atoms with Crippen molar-refractivity contribution in [1.82, 2.24) is 0 Å². The van der Waals surface area contributed by atoms with Crippen LogP contribution in [0, 0.1) is 0 Å². The smallest absolute Gasteiger partial charge is 0.241 e. The lowest BCUT2D eigenvalue weighted by molar-refractivity contribution is -0.140. The summed E-state index contributed by atoms with van der Waals surface area (Å²) in [6.45, 7) is -0.110. The van der Waals surface area contributed by atoms with Gasteiger partial charge in [-0.25, -0.2) is 0 Å². The van der Waals surface area contributed by atoms with Gasteiger partial charge in [0.25, 0.3) is 0 Å². The molecule has 0 aromatic heterocycles. The fourth-order valence-electron chi connectivity index (χ4n) is 0.965. The first-order chi connectivity index (χ1) is 6.51. The summed E-state index contributed by atoms with van der Waals surface area (Å²) in [5, 5.41) is 18.5. The highest BCUT2D eigenvalue weighted by atomic mass is 16.3. The van der Waals surface area contributed by atoms with E-state index in [0.717, 1.165) is 0 Å². The number of aliphatic hydroxyl groups excluding tert-OH is 1. The monoisotopic (exact) mass is 203 g/mol. The van der Waals surface area contributed by atoms with Crippen molar-refractivity contribution in [3.63, 3.8) is 0 Å². The van der Waals surface area contributed by atoms with Crippen LogP contribution in [-0.4, -0.2) is 47.1 Å². The van der Waals surface area contributed by atoms with Crippen LogP contribution in [-0.2, 0) is 9.59 Å². The predicted octanol–water partition coefficient (Wildman–Crippen LogP) is -2.55. The SMILES string of the molecule is NCCCC(O)([C]=O)C(=O)C(O)CN. The molecule has 81 valence electrons. The molecule has 14 heavy (non-hydrogen) atoms. The van der Waals surface area contributed by atoms with Crippen LogP contribution in [0.5, 0.6) is 0 Å². The molecule has 0 aliphatic rings. The average Bonchev–Trinajstić information content (AvgIpc) is 2.23. The lowest BCUT2D eigenvalue weighted by atomic mass is 9.91. The molecule has 0 amide bonds. The molecule has 0 fully saturated rings. The summed E-state index contributed by atoms with van der Waals surface area (Å²) < 4.78 is 0. The number of carbonyl (C=O) groups excluding carboxylic acids is 2. The Morgan fingerprint density at radius 3 is 2.43 bits per heavy atom. The van der Waals surface area contributed by atoms with Crippen molar-refractivity contribution in [3.05, 3.63) is 0 Å². The second-order valence-corrected chi connectivity index (χ2v) is 2.97. The molecule has 0 aliphatic carbocycles. The Hall–Kier alpha value is -0.820. The molecule has 0 heterocycles. The summed E-state index contributed by atoms with van der Waals surface area (Å²) in [6.07, 6.45) is -0.193. The van der Waals surface area contributed by atoms with Crippen LogP contribution in [0.3, 0.4) is 0 Å². The maximum Gasteiger partial charge on any atom is 0.241 e. The third kappa shape index (κ3) is 3.15. The second kappa shape index (κ2) is 5.82. The lowest BCUT2D eigenvalue weighted by Crippen LogP contribution is -2.49. The van der Waals surface area contributed by atoms with Gasteiger partial charge in [0.2, 0.25) is 12.1 Å². The zero-order valence-electron chi connectivity index (χ0n) is 7.77. The molecule has 0 saturated heterocycles. The molecule has 0 rings (SSSR count). The van der Waals surface area contributed by atoms with Crippen molar-refractivity contribution >= 4 is 12.1 Å². The quantitative estimate of drug-likeness (QED) is 0.337. The van der Waals surface area contributed by atoms with Crippen LogP contribution in [0.1, 0.15) is 12.8 Å². The average molecular weight is 203 g/mol. The molecule has 6 heteroatoms. The number of nitrogens with two attached hydrogens (primary N) is 2. The van der Waals surface area contributed by atoms with Gasteiger partial charge >= 0.3 is 0 Å². The van der Waals surface area contributed by atoms with Gasteiger partial charge in [-0.3, -0.25) is 9.59 Å². The number of aliphatic hydroxyl groups is 2. The van der Waals surface area contributed by atoms with Crippen LogP contribution >= 0.6 is 0 Å². The molecule has 0 spiro atoms. The number of hydrogen-bond acceptors (Lipinski definition) is 6. The van der Waals surface area contributed by atoms with E-state index in [2.05, 4.69) is 0 Å². The van der Waals surface area contributed by atoms with Crippen molar-refractivity contribution < 1.29 is 19.8 Å². The normalized spacial score (nSPS) is 17.1. The van der Waals surface area contributed by atoms with E-state index in [1.807, 2.05) is 0 Å². The van der Waals surface area contributed by atoms with Crippen LogP contribution in [0.25, 0.3) is 0 Å². The Morgan fingerprint density at radius 1 is 1.50 bits per heavy atom. The van der Waals surface area contributed by atoms with Crippen molar-refractivity contribution in [3.8, 4) is 0 Å². The van der Waals surface area contributed by atoms with E-state index in [9.17, 15) is 14.7 Å². The lowest BCUT2D eigenvalue weighted by Gasteiger charge is -2.21. The minimum absolute atomic E-state index is 0.150. The minimum atomic E-state index is -2.28. The standard InChI is InChI=1S/C8H15N2O4/c9-3-1-2-8(14,5-11)7(13)6(12)4-10/h6,12,14H,1-4,9-10H2. The van der Waals surface area contributed by atoms with Crippen molar-refractivity contribution in [2.75, 3.05) is 13.1 Å². The molecule has 2 atom stereocenters. The first-order valence-electron chi connectivity index (χ1n) is 4.26. The van der Waals surface area contributed by atoms with Crippen molar-refractivity contribution in [2.24, 2.45) is 11.5 Å². The van der Waals surface area contributed by atoms with Crippen LogP contribution in [0.4, 0.5) is 0 Å². The van der Waals surface area contributed by atoms with Gasteiger partial charge in [-0.1, -0.05) is 0 Å². The van der Waals surface area contributed by atoms with Crippen LogP contribution < -0.4 is 11.5 Å². The number of hydrogen-bond donors (Lipinski definition) is 4. The van der Waals surface area contributed by atoms with Gasteiger partial charge in [0.1, 0.15) is 6.10 Å². The number of ketones is 1. The molecule has 6 nitrogen and oxygen atoms in total. The van der Waals surface area contributed by atoms with E-state index in [1.165, 1.54) is 6.29 Å². The van der Waals surface area contributed by atoms with E-state index in [1.54, 1.807) is 0 Å². The predicted molar refractivity (Wildman–Crippen MR) is 49.0 cm³/mol. The highest BCUT2D eigenvalue weighted by molar-refractivity contribution is 6.03. The van der Waals surface area contributed by atoms with Gasteiger partial charge in [-0.15, -0.1) is 0 Å². The molecule has 0 saturated carbocycles. The first-order valence-corrected chi connectivity index (χ1v) is 4.26. The summed E-state index contributed by atoms with van der Waals surface area (Å²) in [5.41, 5.74) is 7.90. The summed E-state index contributed by atoms with van der Waals surface area (Å²) in [4.78, 5) is 21.7. The highest BCUT2D eigenvalue weighted by Crippen LogP contribution is 2.13. The largest absolute Gasteiger partial charge is 0.384 e. The highest BCUT2D eigenvalue weighted by Gasteiger charge is 2.39. The summed E-state index contributed by atoms with van der Waals surface area (Å²) in [6, 6.07) is 0. The Balaban J connectivity index is 4.50. The second-order valence-electron chi connectivity index (χ2n) is 2.97. The van der Waals surface area contributed by atoms with Crippen LogP contribution in [0.15, 0.2) is 0 Å². The Morgan fingerprint density at radius 2 is 2.07 bits per heavy atom. The van der Waals surface area contributed by atoms with E-state index < -0.39 is 17.5 Å². The zero-order valence-corrected chi connectivity index (χ0v) is 7.77. The fraction of sp³-hybridized carbons (Fsp3) is 0.750. The van der Waals surface area contributed by atoms with Gasteiger partial charge in [0.05, 0.1) is 0 Å². The third-order valence-corrected chi connectivity index (χ3v) is 1.85. The molecule has 0 aromatic rings. The third-order valence-electron chi connectivity index (χ3n) is 1.85. The molecule has 6 N–H and O–H groups in total. The van der Waals surface area contributed by atoms with Gasteiger partial charge < -0.3 is 21.7 Å². The number of rotatable bonds is 7. The zero-order chi connectivity index (χ0) is 11.2. The summed E-state index contributed by atoms with van der Waals surface area (Å²) in [7, 11) is 0. The molecule has 0 bridgehead atoms. The van der Waals surface area contributed by atoms with Crippen molar-refractivity contribution in [1.29, 1.82) is 0 Å². The van der Waals surface area contributed by atoms with Gasteiger partial charge in [-0.05, 0) is 19.4 Å². The molecular weight excluding hydrogens is 188 g/mol. The van der Waals surface area contributed by atoms with Gasteiger partial charge in [0.15, 0.2) is 5.60 Å². The maximum absolute atomic E-state index is 11.2. The summed E-state index contributed by atoms with van der Waals surface area (Å²) in [5.74, 6) is -1.02. The van der Waals surface area contributed by atoms with E-state index in [4.69, 9.17) is 16.6 Å². The maximum atomic E-state index is 11.2. The van der Waals surface area contributed by atoms with Gasteiger partial charge in [0, 0.05) is 6.54 Å². The molecular formula is C8H15N2O4. The summed E-state index contributed by atoms with van der Waals surface area (Å²) >= 11 is 0. The number of carbonyl (C=O) groups is 1. The van der Waals surface area contributed by atoms with Crippen LogP contribution in [0.2, 0.25) is 0 Å². The molecule has 1 radical (unpaired) electrons. The Kier molecular flexibility index (Phi) is 5.47. The first kappa shape index (κ1) is 13.2. The molecule has 0 aromatic carbocycles. The van der Waals surface area contributed by atoms with Crippen molar-refractivity contribution in [2.45, 2.75) is 24.5 Å². The van der Waals surface area contributed by atoms with Gasteiger partial charge in [-0.2, -0.15) is 0 Å². The van der Waals surface area contributed by atoms with E-state index in [-0.39, 0.29) is 25.9 Å². The van der Waals surface area contributed by atoms with E-state index in [0.29, 0.717) is 0 Å². The minimum Gasteiger partial charge on any atom is -0.384 e. The van der Waals surface area contributed by atoms with E-state index >= 15 is 0 Å². The Bertz CT molecular complexity index is 210. The fourth-order valence-corrected chi connectivity index (χ4v) is 0.965. The topological polar surface area (TPSA) is 127 Å².